The standard InChI is InChI=1S/C8H9N3O2/c1-4-8(12)11-7-5(13-4)2-3-6(9)10-7/h2-4H,1H3,(H3,9,10,11,12)/t4-/m1/s1. The van der Waals surface area contributed by atoms with Gasteiger partial charge in [0.25, 0.3) is 5.91 Å². The molecule has 0 radical (unpaired) electrons. The van der Waals surface area contributed by atoms with Crippen molar-refractivity contribution in [2.24, 2.45) is 0 Å². The number of nitrogens with two attached hydrogens (primary N) is 1. The highest BCUT2D eigenvalue weighted by molar-refractivity contribution is 5.96. The van der Waals surface area contributed by atoms with E-state index in [1.807, 2.05) is 0 Å². The van der Waals surface area contributed by atoms with Crippen molar-refractivity contribution in [3.05, 3.63) is 12.1 Å². The van der Waals surface area contributed by atoms with Crippen LogP contribution in [0.1, 0.15) is 6.92 Å². The molecule has 0 aromatic carbocycles. The SMILES string of the molecule is C[C@H]1Oc2ccc(N)nc2NC1=O. The number of nitrogens with one attached hydrogen (secondary N) is 1. The van der Waals surface area contributed by atoms with Crippen LogP contribution in [0.5, 0.6) is 5.75 Å². The van der Waals surface area contributed by atoms with Crippen LogP contribution in [-0.4, -0.2) is 17.0 Å². The number of ether oxygens (including phenoxy) is 1. The van der Waals surface area contributed by atoms with Crippen LogP contribution in [0.4, 0.5) is 11.6 Å². The van der Waals surface area contributed by atoms with Gasteiger partial charge in [-0.05, 0) is 19.1 Å². The van der Waals surface area contributed by atoms with Crippen molar-refractivity contribution < 1.29 is 9.53 Å². The van der Waals surface area contributed by atoms with Gasteiger partial charge in [0.2, 0.25) is 0 Å². The number of anilines is 2. The molecule has 0 aliphatic carbocycles. The normalized spacial score (nSPS) is 20.1. The molecule has 1 amide bonds. The number of hydrogen-bond acceptors (Lipinski definition) is 4. The zero-order valence-electron chi connectivity index (χ0n) is 7.07. The molecule has 5 heteroatoms. The average Bonchev–Trinajstić information content (AvgIpc) is 2.08. The van der Waals surface area contributed by atoms with Crippen LogP contribution in [0.2, 0.25) is 0 Å². The van der Waals surface area contributed by atoms with E-state index in [1.54, 1.807) is 19.1 Å². The van der Waals surface area contributed by atoms with Gasteiger partial charge in [-0.3, -0.25) is 4.79 Å². The number of fused-ring (bicyclic) bond motifs is 1. The number of nitrogens with zero attached hydrogens (tertiary/aromatic N) is 1. The average molecular weight is 179 g/mol. The van der Waals surface area contributed by atoms with Crippen LogP contribution in [0.25, 0.3) is 0 Å². The van der Waals surface area contributed by atoms with E-state index in [-0.39, 0.29) is 5.91 Å². The molecule has 0 spiro atoms. The molecule has 5 nitrogen and oxygen atoms in total. The van der Waals surface area contributed by atoms with Gasteiger partial charge >= 0.3 is 0 Å². The summed E-state index contributed by atoms with van der Waals surface area (Å²) in [6, 6.07) is 3.32. The molecule has 1 atom stereocenters. The van der Waals surface area contributed by atoms with Crippen molar-refractivity contribution in [3.63, 3.8) is 0 Å². The van der Waals surface area contributed by atoms with E-state index < -0.39 is 6.10 Å². The van der Waals surface area contributed by atoms with Crippen molar-refractivity contribution in [1.82, 2.24) is 4.98 Å². The summed E-state index contributed by atoms with van der Waals surface area (Å²) in [5.41, 5.74) is 5.44. The molecule has 1 aromatic heterocycles. The summed E-state index contributed by atoms with van der Waals surface area (Å²) < 4.78 is 5.27. The van der Waals surface area contributed by atoms with E-state index in [2.05, 4.69) is 10.3 Å². The molecule has 0 unspecified atom stereocenters. The van der Waals surface area contributed by atoms with Gasteiger partial charge in [-0.2, -0.15) is 0 Å². The van der Waals surface area contributed by atoms with E-state index in [0.717, 1.165) is 0 Å². The number of pyridine rings is 1. The summed E-state index contributed by atoms with van der Waals surface area (Å²) in [7, 11) is 0. The first-order valence-electron chi connectivity index (χ1n) is 3.91. The van der Waals surface area contributed by atoms with E-state index in [0.29, 0.717) is 17.4 Å². The van der Waals surface area contributed by atoms with Gasteiger partial charge in [0.1, 0.15) is 5.82 Å². The molecule has 68 valence electrons. The van der Waals surface area contributed by atoms with Gasteiger partial charge in [-0.15, -0.1) is 0 Å². The Morgan fingerprint density at radius 2 is 2.38 bits per heavy atom. The topological polar surface area (TPSA) is 77.2 Å². The number of amides is 1. The quantitative estimate of drug-likeness (QED) is 0.603. The van der Waals surface area contributed by atoms with Crippen LogP contribution >= 0.6 is 0 Å². The van der Waals surface area contributed by atoms with Crippen molar-refractivity contribution in [1.29, 1.82) is 0 Å². The first-order chi connectivity index (χ1) is 6.16. The number of aromatic nitrogens is 1. The predicted octanol–water partition coefficient (Wildman–Crippen LogP) is 0.383. The Morgan fingerprint density at radius 1 is 1.62 bits per heavy atom. The van der Waals surface area contributed by atoms with Crippen LogP contribution in [-0.2, 0) is 4.79 Å². The second kappa shape index (κ2) is 2.62. The Hall–Kier alpha value is -1.78. The van der Waals surface area contributed by atoms with E-state index in [1.165, 1.54) is 0 Å². The Labute approximate surface area is 74.9 Å². The third-order valence-corrected chi connectivity index (χ3v) is 1.79. The monoisotopic (exact) mass is 179 g/mol. The van der Waals surface area contributed by atoms with E-state index >= 15 is 0 Å². The van der Waals surface area contributed by atoms with E-state index in [9.17, 15) is 4.79 Å². The lowest BCUT2D eigenvalue weighted by atomic mass is 10.3. The first kappa shape index (κ1) is 7.85. The lowest BCUT2D eigenvalue weighted by molar-refractivity contribution is -0.122. The molecule has 1 aromatic rings. The number of rotatable bonds is 0. The van der Waals surface area contributed by atoms with Crippen molar-refractivity contribution in [3.8, 4) is 5.75 Å². The number of nitrogen functional groups attached to an aromatic ring is 1. The lowest BCUT2D eigenvalue weighted by Gasteiger charge is -2.22. The molecule has 3 N–H and O–H groups in total. The largest absolute Gasteiger partial charge is 0.477 e. The van der Waals surface area contributed by atoms with Crippen LogP contribution in [0, 0.1) is 0 Å². The summed E-state index contributed by atoms with van der Waals surface area (Å²) in [5, 5.41) is 2.60. The fourth-order valence-electron chi connectivity index (χ4n) is 1.11. The first-order valence-corrected chi connectivity index (χ1v) is 3.91. The molecule has 0 bridgehead atoms. The fourth-order valence-corrected chi connectivity index (χ4v) is 1.11. The summed E-state index contributed by atoms with van der Waals surface area (Å²) in [6.45, 7) is 1.68. The highest BCUT2D eigenvalue weighted by Crippen LogP contribution is 2.27. The van der Waals surface area contributed by atoms with Crippen LogP contribution in [0.15, 0.2) is 12.1 Å². The third-order valence-electron chi connectivity index (χ3n) is 1.79. The van der Waals surface area contributed by atoms with Gasteiger partial charge in [0.05, 0.1) is 0 Å². The number of hydrogen-bond donors (Lipinski definition) is 2. The van der Waals surface area contributed by atoms with Crippen molar-refractivity contribution in [2.75, 3.05) is 11.1 Å². The number of carbonyl (C=O) groups is 1. The lowest BCUT2D eigenvalue weighted by Crippen LogP contribution is -2.34. The zero-order chi connectivity index (χ0) is 9.42. The van der Waals surface area contributed by atoms with Crippen molar-refractivity contribution >= 4 is 17.5 Å². The molecule has 1 aliphatic heterocycles. The fraction of sp³-hybridized carbons (Fsp3) is 0.250. The maximum absolute atomic E-state index is 11.2. The molecule has 0 saturated heterocycles. The van der Waals surface area contributed by atoms with E-state index in [4.69, 9.17) is 10.5 Å². The van der Waals surface area contributed by atoms with Gasteiger partial charge in [0.15, 0.2) is 17.7 Å². The highest BCUT2D eigenvalue weighted by atomic mass is 16.5. The zero-order valence-corrected chi connectivity index (χ0v) is 7.07. The van der Waals surface area contributed by atoms with Crippen LogP contribution in [0.3, 0.4) is 0 Å². The molecule has 1 aliphatic rings. The Morgan fingerprint density at radius 3 is 3.15 bits per heavy atom. The molecule has 2 rings (SSSR count). The summed E-state index contributed by atoms with van der Waals surface area (Å²) >= 11 is 0. The van der Waals surface area contributed by atoms with Gasteiger partial charge in [-0.1, -0.05) is 0 Å². The second-order valence-electron chi connectivity index (χ2n) is 2.83. The predicted molar refractivity (Wildman–Crippen MR) is 47.4 cm³/mol. The van der Waals surface area contributed by atoms with Crippen molar-refractivity contribution in [2.45, 2.75) is 13.0 Å². The minimum atomic E-state index is -0.474. The second-order valence-corrected chi connectivity index (χ2v) is 2.83. The molecule has 13 heavy (non-hydrogen) atoms. The van der Waals surface area contributed by atoms with Gasteiger partial charge in [-0.25, -0.2) is 4.98 Å². The maximum Gasteiger partial charge on any atom is 0.266 e. The Bertz CT molecular complexity index is 364. The molecule has 0 saturated carbocycles. The number of carbonyl (C=O) groups excluding carboxylic acids is 1. The third kappa shape index (κ3) is 1.28. The highest BCUT2D eigenvalue weighted by Gasteiger charge is 2.24. The smallest absolute Gasteiger partial charge is 0.266 e. The van der Waals surface area contributed by atoms with Crippen LogP contribution < -0.4 is 15.8 Å². The summed E-state index contributed by atoms with van der Waals surface area (Å²) in [4.78, 5) is 15.1. The van der Waals surface area contributed by atoms with Gasteiger partial charge < -0.3 is 15.8 Å². The molecular weight excluding hydrogens is 170 g/mol. The summed E-state index contributed by atoms with van der Waals surface area (Å²) in [5.74, 6) is 1.10. The molecule has 2 heterocycles. The Kier molecular flexibility index (Phi) is 1.58. The minimum Gasteiger partial charge on any atom is -0.477 e. The maximum atomic E-state index is 11.2. The Balaban J connectivity index is 2.42. The molecular formula is C8H9N3O2. The molecule has 0 fully saturated rings. The van der Waals surface area contributed by atoms with Gasteiger partial charge in [0, 0.05) is 0 Å². The summed E-state index contributed by atoms with van der Waals surface area (Å²) in [6.07, 6.45) is -0.474. The minimum absolute atomic E-state index is 0.203.